The number of rotatable bonds is 15. The van der Waals surface area contributed by atoms with Crippen molar-refractivity contribution < 1.29 is 38.2 Å². The maximum atomic E-state index is 12.8. The minimum Gasteiger partial charge on any atom is -0.468 e. The molecule has 0 spiro atoms. The number of esters is 2. The molecule has 244 valence electrons. The highest BCUT2D eigenvalue weighted by molar-refractivity contribution is 5.86. The molecule has 1 atom stereocenters. The van der Waals surface area contributed by atoms with E-state index in [0.29, 0.717) is 45.7 Å². The lowest BCUT2D eigenvalue weighted by Gasteiger charge is -2.36. The lowest BCUT2D eigenvalue weighted by molar-refractivity contribution is -0.145. The Labute approximate surface area is 251 Å². The molecule has 0 aromatic rings. The first-order valence-electron chi connectivity index (χ1n) is 14.9. The van der Waals surface area contributed by atoms with Crippen LogP contribution in [0.25, 0.3) is 0 Å². The standard InChI is InChI=1S/C25H45N5O8.C4H10/c1-7-8-9-19(23(34)37-6)27-21(32)18-29(17-20(31)26-16-22(33)36-5)11-10-28-12-14-30(15-13-28)24(35)38-25(2,3)4;1-3-4-2/h19H,7-18H2,1-6H3,(H,26,31)(H,27,32);3-4H2,1-2H3. The molecular formula is C29H55N5O8. The van der Waals surface area contributed by atoms with Gasteiger partial charge in [-0.25, -0.2) is 9.59 Å². The van der Waals surface area contributed by atoms with E-state index in [0.717, 1.165) is 12.8 Å². The first kappa shape index (κ1) is 39.1. The SMILES string of the molecule is CCCC.CCCCC(NC(=O)CN(CCN1CCN(C(=O)OC(C)(C)C)CC1)CC(=O)NCC(=O)OC)C(=O)OC. The second kappa shape index (κ2) is 21.7. The summed E-state index contributed by atoms with van der Waals surface area (Å²) in [5, 5.41) is 5.18. The van der Waals surface area contributed by atoms with E-state index in [4.69, 9.17) is 9.47 Å². The van der Waals surface area contributed by atoms with Gasteiger partial charge in [0.1, 0.15) is 18.2 Å². The average Bonchev–Trinajstić information content (AvgIpc) is 2.95. The van der Waals surface area contributed by atoms with Gasteiger partial charge in [-0.05, 0) is 27.2 Å². The third-order valence-electron chi connectivity index (χ3n) is 6.32. The molecular weight excluding hydrogens is 546 g/mol. The average molecular weight is 602 g/mol. The van der Waals surface area contributed by atoms with Gasteiger partial charge in [0.05, 0.1) is 27.3 Å². The third-order valence-corrected chi connectivity index (χ3v) is 6.32. The van der Waals surface area contributed by atoms with Crippen LogP contribution >= 0.6 is 0 Å². The van der Waals surface area contributed by atoms with Gasteiger partial charge in [0.2, 0.25) is 11.8 Å². The highest BCUT2D eigenvalue weighted by atomic mass is 16.6. The van der Waals surface area contributed by atoms with Crippen molar-refractivity contribution in [3.8, 4) is 0 Å². The summed E-state index contributed by atoms with van der Waals surface area (Å²) in [5.74, 6) is -1.94. The van der Waals surface area contributed by atoms with Crippen molar-refractivity contribution >= 4 is 29.8 Å². The Kier molecular flexibility index (Phi) is 20.2. The molecule has 13 nitrogen and oxygen atoms in total. The van der Waals surface area contributed by atoms with Gasteiger partial charge >= 0.3 is 18.0 Å². The van der Waals surface area contributed by atoms with Gasteiger partial charge in [0.25, 0.3) is 0 Å². The van der Waals surface area contributed by atoms with Crippen molar-refractivity contribution in [2.75, 3.05) is 73.1 Å². The molecule has 0 radical (unpaired) electrons. The molecule has 0 aromatic carbocycles. The smallest absolute Gasteiger partial charge is 0.410 e. The second-order valence-corrected chi connectivity index (χ2v) is 11.2. The molecule has 0 aliphatic carbocycles. The molecule has 0 saturated carbocycles. The highest BCUT2D eigenvalue weighted by Gasteiger charge is 2.27. The van der Waals surface area contributed by atoms with Crippen molar-refractivity contribution in [2.45, 2.75) is 85.3 Å². The van der Waals surface area contributed by atoms with Gasteiger partial charge in [-0.3, -0.25) is 24.2 Å². The quantitative estimate of drug-likeness (QED) is 0.210. The maximum absolute atomic E-state index is 12.8. The molecule has 13 heteroatoms. The summed E-state index contributed by atoms with van der Waals surface area (Å²) < 4.78 is 14.8. The van der Waals surface area contributed by atoms with E-state index in [-0.39, 0.29) is 25.7 Å². The molecule has 0 bridgehead atoms. The number of amides is 3. The number of carbonyl (C=O) groups is 5. The number of ether oxygens (including phenoxy) is 3. The van der Waals surface area contributed by atoms with Crippen LogP contribution in [0.15, 0.2) is 0 Å². The molecule has 1 saturated heterocycles. The van der Waals surface area contributed by atoms with Crippen LogP contribution in [0.3, 0.4) is 0 Å². The van der Waals surface area contributed by atoms with Crippen LogP contribution in [0.1, 0.15) is 73.6 Å². The Balaban J connectivity index is 0.00000393. The molecule has 1 aliphatic heterocycles. The molecule has 1 fully saturated rings. The highest BCUT2D eigenvalue weighted by Crippen LogP contribution is 2.12. The third kappa shape index (κ3) is 18.5. The summed E-state index contributed by atoms with van der Waals surface area (Å²) in [6, 6.07) is -0.761. The number of nitrogens with zero attached hydrogens (tertiary/aromatic N) is 3. The van der Waals surface area contributed by atoms with E-state index in [1.807, 2.05) is 27.7 Å². The first-order chi connectivity index (χ1) is 19.8. The predicted molar refractivity (Wildman–Crippen MR) is 160 cm³/mol. The van der Waals surface area contributed by atoms with Crippen LogP contribution in [0.4, 0.5) is 4.79 Å². The second-order valence-electron chi connectivity index (χ2n) is 11.2. The van der Waals surface area contributed by atoms with Gasteiger partial charge in [-0.1, -0.05) is 46.5 Å². The normalized spacial score (nSPS) is 14.3. The number of unbranched alkanes of at least 4 members (excludes halogenated alkanes) is 2. The topological polar surface area (TPSA) is 147 Å². The molecule has 1 aliphatic rings. The summed E-state index contributed by atoms with van der Waals surface area (Å²) in [7, 11) is 2.50. The number of methoxy groups -OCH3 is 2. The van der Waals surface area contributed by atoms with E-state index in [9.17, 15) is 24.0 Å². The Morgan fingerprint density at radius 2 is 1.45 bits per heavy atom. The zero-order valence-electron chi connectivity index (χ0n) is 27.1. The van der Waals surface area contributed by atoms with Crippen molar-refractivity contribution in [3.05, 3.63) is 0 Å². The summed E-state index contributed by atoms with van der Waals surface area (Å²) in [4.78, 5) is 66.4. The molecule has 1 heterocycles. The van der Waals surface area contributed by atoms with E-state index in [2.05, 4.69) is 34.1 Å². The summed E-state index contributed by atoms with van der Waals surface area (Å²) in [6.45, 7) is 14.5. The Bertz CT molecular complexity index is 823. The number of hydrogen-bond acceptors (Lipinski definition) is 10. The molecule has 1 unspecified atom stereocenters. The maximum Gasteiger partial charge on any atom is 0.410 e. The van der Waals surface area contributed by atoms with E-state index in [1.165, 1.54) is 27.1 Å². The van der Waals surface area contributed by atoms with Crippen molar-refractivity contribution in [2.24, 2.45) is 0 Å². The summed E-state index contributed by atoms with van der Waals surface area (Å²) in [6.07, 6.45) is 4.35. The Morgan fingerprint density at radius 1 is 0.857 bits per heavy atom. The van der Waals surface area contributed by atoms with E-state index < -0.39 is 35.4 Å². The fraction of sp³-hybridized carbons (Fsp3) is 0.828. The van der Waals surface area contributed by atoms with Crippen LogP contribution in [0.5, 0.6) is 0 Å². The van der Waals surface area contributed by atoms with Crippen molar-refractivity contribution in [3.63, 3.8) is 0 Å². The summed E-state index contributed by atoms with van der Waals surface area (Å²) >= 11 is 0. The molecule has 42 heavy (non-hydrogen) atoms. The lowest BCUT2D eigenvalue weighted by atomic mass is 10.1. The van der Waals surface area contributed by atoms with Gasteiger partial charge in [0.15, 0.2) is 0 Å². The molecule has 0 aromatic heterocycles. The number of nitrogens with one attached hydrogen (secondary N) is 2. The lowest BCUT2D eigenvalue weighted by Crippen LogP contribution is -2.53. The minimum atomic E-state index is -0.761. The van der Waals surface area contributed by atoms with Gasteiger partial charge in [-0.15, -0.1) is 0 Å². The minimum absolute atomic E-state index is 0.122. The monoisotopic (exact) mass is 601 g/mol. The molecule has 2 N–H and O–H groups in total. The molecule has 1 rings (SSSR count). The van der Waals surface area contributed by atoms with Gasteiger partial charge in [-0.2, -0.15) is 0 Å². The first-order valence-corrected chi connectivity index (χ1v) is 14.9. The Morgan fingerprint density at radius 3 is 1.95 bits per heavy atom. The van der Waals surface area contributed by atoms with E-state index in [1.54, 1.807) is 9.80 Å². The van der Waals surface area contributed by atoms with E-state index >= 15 is 0 Å². The number of piperazine rings is 1. The number of carbonyl (C=O) groups excluding carboxylic acids is 5. The van der Waals surface area contributed by atoms with Crippen LogP contribution in [0, 0.1) is 0 Å². The predicted octanol–water partition coefficient (Wildman–Crippen LogP) is 1.78. The van der Waals surface area contributed by atoms with Crippen LogP contribution in [0.2, 0.25) is 0 Å². The zero-order chi connectivity index (χ0) is 32.1. The van der Waals surface area contributed by atoms with Gasteiger partial charge in [0, 0.05) is 39.3 Å². The zero-order valence-corrected chi connectivity index (χ0v) is 27.1. The van der Waals surface area contributed by atoms with Crippen molar-refractivity contribution in [1.82, 2.24) is 25.3 Å². The van der Waals surface area contributed by atoms with Crippen LogP contribution in [-0.2, 0) is 33.4 Å². The van der Waals surface area contributed by atoms with Crippen LogP contribution < -0.4 is 10.6 Å². The Hall–Kier alpha value is -2.93. The molecule has 3 amide bonds. The fourth-order valence-corrected chi connectivity index (χ4v) is 3.72. The van der Waals surface area contributed by atoms with Crippen molar-refractivity contribution in [1.29, 1.82) is 0 Å². The number of hydrogen-bond donors (Lipinski definition) is 2. The largest absolute Gasteiger partial charge is 0.468 e. The van der Waals surface area contributed by atoms with Gasteiger partial charge < -0.3 is 29.7 Å². The summed E-state index contributed by atoms with van der Waals surface area (Å²) in [5.41, 5.74) is -0.562. The van der Waals surface area contributed by atoms with Crippen LogP contribution in [-0.4, -0.2) is 129 Å². The fourth-order valence-electron chi connectivity index (χ4n) is 3.72.